The molecule has 0 fully saturated rings. The third-order valence-corrected chi connectivity index (χ3v) is 3.49. The molecule has 0 aliphatic heterocycles. The number of methoxy groups -OCH3 is 1. The molecule has 3 N–H and O–H groups in total. The van der Waals surface area contributed by atoms with Crippen molar-refractivity contribution in [3.8, 4) is 5.75 Å². The topological polar surface area (TPSA) is 64.4 Å². The Kier molecular flexibility index (Phi) is 8.37. The van der Waals surface area contributed by atoms with Crippen LogP contribution in [-0.2, 0) is 10.2 Å². The molecule has 1 atom stereocenters. The zero-order valence-electron chi connectivity index (χ0n) is 13.3. The van der Waals surface area contributed by atoms with Crippen molar-refractivity contribution in [1.82, 2.24) is 5.32 Å². The van der Waals surface area contributed by atoms with E-state index in [0.29, 0.717) is 13.0 Å². The van der Waals surface area contributed by atoms with E-state index in [9.17, 15) is 4.79 Å². The van der Waals surface area contributed by atoms with E-state index in [1.807, 2.05) is 31.2 Å². The minimum absolute atomic E-state index is 0. The first-order valence-corrected chi connectivity index (χ1v) is 7.08. The number of ether oxygens (including phenoxy) is 1. The number of hydrogen-bond donors (Lipinski definition) is 2. The lowest BCUT2D eigenvalue weighted by Gasteiger charge is -2.26. The van der Waals surface area contributed by atoms with Crippen molar-refractivity contribution in [2.45, 2.75) is 45.1 Å². The van der Waals surface area contributed by atoms with Gasteiger partial charge in [0.1, 0.15) is 5.75 Å². The maximum atomic E-state index is 11.9. The fraction of sp³-hybridized carbons (Fsp3) is 0.562. The lowest BCUT2D eigenvalue weighted by Crippen LogP contribution is -2.45. The van der Waals surface area contributed by atoms with Crippen LogP contribution in [0.4, 0.5) is 0 Å². The van der Waals surface area contributed by atoms with Crippen molar-refractivity contribution in [2.24, 2.45) is 5.73 Å². The molecule has 120 valence electrons. The molecule has 1 amide bonds. The average Bonchev–Trinajstić information content (AvgIpc) is 2.45. The number of rotatable bonds is 7. The van der Waals surface area contributed by atoms with Gasteiger partial charge in [0.05, 0.1) is 13.2 Å². The molecule has 0 aliphatic rings. The SMILES string of the molecule is CCCC(N)C(=O)NCC(C)(C)c1cccc(OC)c1.Cl. The van der Waals surface area contributed by atoms with Gasteiger partial charge in [-0.15, -0.1) is 12.4 Å². The first-order valence-electron chi connectivity index (χ1n) is 7.08. The molecule has 0 bridgehead atoms. The largest absolute Gasteiger partial charge is 0.497 e. The zero-order valence-corrected chi connectivity index (χ0v) is 14.1. The van der Waals surface area contributed by atoms with E-state index in [2.05, 4.69) is 19.2 Å². The summed E-state index contributed by atoms with van der Waals surface area (Å²) in [6.45, 7) is 6.75. The average molecular weight is 315 g/mol. The molecule has 1 aromatic carbocycles. The lowest BCUT2D eigenvalue weighted by atomic mass is 9.84. The van der Waals surface area contributed by atoms with Gasteiger partial charge in [-0.2, -0.15) is 0 Å². The number of amides is 1. The predicted octanol–water partition coefficient (Wildman–Crippen LogP) is 2.64. The molecule has 4 nitrogen and oxygen atoms in total. The van der Waals surface area contributed by atoms with Gasteiger partial charge in [0, 0.05) is 12.0 Å². The first kappa shape index (κ1) is 19.7. The quantitative estimate of drug-likeness (QED) is 0.813. The van der Waals surface area contributed by atoms with E-state index in [1.54, 1.807) is 7.11 Å². The van der Waals surface area contributed by atoms with Gasteiger partial charge in [-0.25, -0.2) is 0 Å². The van der Waals surface area contributed by atoms with Gasteiger partial charge in [0.15, 0.2) is 0 Å². The maximum Gasteiger partial charge on any atom is 0.236 e. The van der Waals surface area contributed by atoms with E-state index in [4.69, 9.17) is 10.5 Å². The Morgan fingerprint density at radius 1 is 1.43 bits per heavy atom. The Labute approximate surface area is 133 Å². The number of halogens is 1. The Morgan fingerprint density at radius 2 is 2.10 bits per heavy atom. The molecule has 0 radical (unpaired) electrons. The molecular weight excluding hydrogens is 288 g/mol. The maximum absolute atomic E-state index is 11.9. The van der Waals surface area contributed by atoms with Gasteiger partial charge in [-0.1, -0.05) is 39.3 Å². The molecule has 0 spiro atoms. The number of nitrogens with two attached hydrogens (primary N) is 1. The van der Waals surface area contributed by atoms with E-state index < -0.39 is 6.04 Å². The number of hydrogen-bond acceptors (Lipinski definition) is 3. The summed E-state index contributed by atoms with van der Waals surface area (Å²) >= 11 is 0. The van der Waals surface area contributed by atoms with Gasteiger partial charge < -0.3 is 15.8 Å². The second kappa shape index (κ2) is 8.90. The highest BCUT2D eigenvalue weighted by Crippen LogP contribution is 2.25. The van der Waals surface area contributed by atoms with E-state index in [1.165, 1.54) is 0 Å². The second-order valence-electron chi connectivity index (χ2n) is 5.73. The van der Waals surface area contributed by atoms with Gasteiger partial charge in [-0.3, -0.25) is 4.79 Å². The van der Waals surface area contributed by atoms with E-state index in [-0.39, 0.29) is 23.7 Å². The molecule has 5 heteroatoms. The van der Waals surface area contributed by atoms with Crippen molar-refractivity contribution in [3.05, 3.63) is 29.8 Å². The highest BCUT2D eigenvalue weighted by molar-refractivity contribution is 5.85. The van der Waals surface area contributed by atoms with Crippen LogP contribution in [0.3, 0.4) is 0 Å². The molecule has 0 saturated heterocycles. The monoisotopic (exact) mass is 314 g/mol. The number of benzene rings is 1. The van der Waals surface area contributed by atoms with Gasteiger partial charge >= 0.3 is 0 Å². The number of carbonyl (C=O) groups is 1. The Balaban J connectivity index is 0.00000400. The smallest absolute Gasteiger partial charge is 0.236 e. The van der Waals surface area contributed by atoms with Gasteiger partial charge in [0.2, 0.25) is 5.91 Å². The van der Waals surface area contributed by atoms with Crippen LogP contribution in [0.25, 0.3) is 0 Å². The third-order valence-electron chi connectivity index (χ3n) is 3.49. The predicted molar refractivity (Wildman–Crippen MR) is 89.2 cm³/mol. The highest BCUT2D eigenvalue weighted by Gasteiger charge is 2.23. The first-order chi connectivity index (χ1) is 9.40. The van der Waals surface area contributed by atoms with Crippen LogP contribution >= 0.6 is 12.4 Å². The normalized spacial score (nSPS) is 12.2. The molecule has 0 saturated carbocycles. The Morgan fingerprint density at radius 3 is 2.67 bits per heavy atom. The van der Waals surface area contributed by atoms with Crippen molar-refractivity contribution in [1.29, 1.82) is 0 Å². The molecule has 0 heterocycles. The molecule has 0 aromatic heterocycles. The van der Waals surface area contributed by atoms with Crippen molar-refractivity contribution >= 4 is 18.3 Å². The fourth-order valence-electron chi connectivity index (χ4n) is 2.03. The fourth-order valence-corrected chi connectivity index (χ4v) is 2.03. The van der Waals surface area contributed by atoms with Crippen LogP contribution in [0, 0.1) is 0 Å². The molecule has 21 heavy (non-hydrogen) atoms. The molecule has 1 aromatic rings. The van der Waals surface area contributed by atoms with Gasteiger partial charge in [0.25, 0.3) is 0 Å². The van der Waals surface area contributed by atoms with Crippen LogP contribution in [0.5, 0.6) is 5.75 Å². The molecular formula is C16H27ClN2O2. The van der Waals surface area contributed by atoms with Gasteiger partial charge in [-0.05, 0) is 24.1 Å². The van der Waals surface area contributed by atoms with Crippen molar-refractivity contribution in [2.75, 3.05) is 13.7 Å². The molecule has 0 aliphatic carbocycles. The van der Waals surface area contributed by atoms with Crippen molar-refractivity contribution in [3.63, 3.8) is 0 Å². The summed E-state index contributed by atoms with van der Waals surface area (Å²) in [6.07, 6.45) is 1.62. The zero-order chi connectivity index (χ0) is 15.2. The van der Waals surface area contributed by atoms with Crippen LogP contribution in [0.1, 0.15) is 39.2 Å². The third kappa shape index (κ3) is 5.94. The Bertz CT molecular complexity index is 450. The van der Waals surface area contributed by atoms with Crippen LogP contribution in [0.15, 0.2) is 24.3 Å². The van der Waals surface area contributed by atoms with E-state index in [0.717, 1.165) is 17.7 Å². The summed E-state index contributed by atoms with van der Waals surface area (Å²) in [5.41, 5.74) is 6.76. The summed E-state index contributed by atoms with van der Waals surface area (Å²) in [6, 6.07) is 7.50. The highest BCUT2D eigenvalue weighted by atomic mass is 35.5. The van der Waals surface area contributed by atoms with Crippen LogP contribution in [0.2, 0.25) is 0 Å². The summed E-state index contributed by atoms with van der Waals surface area (Å²) in [5, 5.41) is 2.94. The number of nitrogens with one attached hydrogen (secondary N) is 1. The second-order valence-corrected chi connectivity index (χ2v) is 5.73. The van der Waals surface area contributed by atoms with E-state index >= 15 is 0 Å². The summed E-state index contributed by atoms with van der Waals surface area (Å²) in [7, 11) is 1.65. The van der Waals surface area contributed by atoms with Crippen LogP contribution in [-0.4, -0.2) is 25.6 Å². The minimum Gasteiger partial charge on any atom is -0.497 e. The lowest BCUT2D eigenvalue weighted by molar-refractivity contribution is -0.122. The number of carbonyl (C=O) groups excluding carboxylic acids is 1. The Hall–Kier alpha value is -1.26. The summed E-state index contributed by atoms with van der Waals surface area (Å²) < 4.78 is 5.24. The van der Waals surface area contributed by atoms with Crippen LogP contribution < -0.4 is 15.8 Å². The molecule has 1 unspecified atom stereocenters. The summed E-state index contributed by atoms with van der Waals surface area (Å²) in [4.78, 5) is 11.9. The minimum atomic E-state index is -0.416. The summed E-state index contributed by atoms with van der Waals surface area (Å²) in [5.74, 6) is 0.743. The molecule has 1 rings (SSSR count). The van der Waals surface area contributed by atoms with Crippen molar-refractivity contribution < 1.29 is 9.53 Å². The standard InChI is InChI=1S/C16H26N2O2.ClH/c1-5-7-14(17)15(19)18-11-16(2,3)12-8-6-9-13(10-12)20-4;/h6,8-10,14H,5,7,11,17H2,1-4H3,(H,18,19);1H.